The van der Waals surface area contributed by atoms with Gasteiger partial charge in [0.1, 0.15) is 0 Å². The van der Waals surface area contributed by atoms with E-state index in [1.807, 2.05) is 6.92 Å². The second-order valence-corrected chi connectivity index (χ2v) is 8.39. The van der Waals surface area contributed by atoms with E-state index < -0.39 is 16.3 Å². The highest BCUT2D eigenvalue weighted by Gasteiger charge is 2.32. The van der Waals surface area contributed by atoms with Gasteiger partial charge in [0.2, 0.25) is 10.0 Å². The van der Waals surface area contributed by atoms with Crippen LogP contribution in [0.2, 0.25) is 0 Å². The summed E-state index contributed by atoms with van der Waals surface area (Å²) in [7, 11) is -3.75. The van der Waals surface area contributed by atoms with E-state index in [9.17, 15) is 13.2 Å². The van der Waals surface area contributed by atoms with Gasteiger partial charge in [0, 0.05) is 23.3 Å². The van der Waals surface area contributed by atoms with Gasteiger partial charge in [-0.15, -0.1) is 0 Å². The molecule has 1 fully saturated rings. The summed E-state index contributed by atoms with van der Waals surface area (Å²) in [6.45, 7) is 7.22. The maximum Gasteiger partial charge on any atom is 0.238 e. The van der Waals surface area contributed by atoms with Crippen molar-refractivity contribution < 1.29 is 22.7 Å². The zero-order valence-electron chi connectivity index (χ0n) is 13.6. The molecule has 1 unspecified atom stereocenters. The first-order chi connectivity index (χ1) is 10.6. The van der Waals surface area contributed by atoms with E-state index in [-0.39, 0.29) is 28.4 Å². The fourth-order valence-electron chi connectivity index (χ4n) is 2.37. The first kappa shape index (κ1) is 18.1. The van der Waals surface area contributed by atoms with Crippen molar-refractivity contribution in [2.75, 3.05) is 13.2 Å². The lowest BCUT2D eigenvalue weighted by Crippen LogP contribution is -2.41. The molecule has 1 aromatic carbocycles. The van der Waals surface area contributed by atoms with Crippen molar-refractivity contribution in [1.82, 2.24) is 0 Å². The zero-order valence-corrected chi connectivity index (χ0v) is 14.4. The van der Waals surface area contributed by atoms with Crippen LogP contribution < -0.4 is 5.14 Å². The summed E-state index contributed by atoms with van der Waals surface area (Å²) >= 11 is 0. The predicted molar refractivity (Wildman–Crippen MR) is 85.4 cm³/mol. The Balaban J connectivity index is 1.96. The summed E-state index contributed by atoms with van der Waals surface area (Å²) in [5.41, 5.74) is 0.435. The number of benzene rings is 1. The molecule has 1 aromatic rings. The van der Waals surface area contributed by atoms with Gasteiger partial charge in [-0.3, -0.25) is 4.79 Å². The van der Waals surface area contributed by atoms with Gasteiger partial charge in [-0.2, -0.15) is 0 Å². The van der Waals surface area contributed by atoms with E-state index in [0.29, 0.717) is 18.8 Å². The summed E-state index contributed by atoms with van der Waals surface area (Å²) in [5, 5.41) is 5.04. The molecule has 6 nitrogen and oxygen atoms in total. The number of carbonyl (C=O) groups excluding carboxylic acids is 1. The number of ketones is 1. The lowest BCUT2D eigenvalue weighted by Gasteiger charge is -2.37. The first-order valence-electron chi connectivity index (χ1n) is 7.48. The molecule has 0 aromatic heterocycles. The summed E-state index contributed by atoms with van der Waals surface area (Å²) in [4.78, 5) is 12.3. The van der Waals surface area contributed by atoms with Crippen molar-refractivity contribution in [2.24, 2.45) is 16.5 Å². The molecule has 0 radical (unpaired) electrons. The van der Waals surface area contributed by atoms with Crippen LogP contribution in [0.3, 0.4) is 0 Å². The Bertz CT molecular complexity index is 656. The van der Waals surface area contributed by atoms with Gasteiger partial charge in [-0.05, 0) is 12.1 Å². The Kier molecular flexibility index (Phi) is 5.25. The third kappa shape index (κ3) is 4.84. The Morgan fingerprint density at radius 2 is 1.78 bits per heavy atom. The van der Waals surface area contributed by atoms with E-state index in [1.165, 1.54) is 24.3 Å². The number of sulfonamides is 1. The minimum atomic E-state index is -3.75. The molecule has 2 N–H and O–H groups in total. The van der Waals surface area contributed by atoms with Gasteiger partial charge in [0.25, 0.3) is 0 Å². The van der Waals surface area contributed by atoms with Crippen LogP contribution in [0.1, 0.15) is 37.6 Å². The molecule has 1 aliphatic heterocycles. The predicted octanol–water partition coefficient (Wildman–Crippen LogP) is 1.94. The highest BCUT2D eigenvalue weighted by atomic mass is 32.2. The van der Waals surface area contributed by atoms with Gasteiger partial charge in [0.15, 0.2) is 12.1 Å². The minimum Gasteiger partial charge on any atom is -0.352 e. The van der Waals surface area contributed by atoms with Crippen LogP contribution in [-0.2, 0) is 19.5 Å². The number of ether oxygens (including phenoxy) is 2. The van der Waals surface area contributed by atoms with E-state index in [0.717, 1.165) is 0 Å². The zero-order chi connectivity index (χ0) is 17.3. The molecule has 1 heterocycles. The molecular weight excluding hydrogens is 318 g/mol. The normalized spacial score (nSPS) is 20.2. The van der Waals surface area contributed by atoms with E-state index in [1.54, 1.807) is 0 Å². The molecule has 1 atom stereocenters. The number of nitrogens with two attached hydrogens (primary N) is 1. The summed E-state index contributed by atoms with van der Waals surface area (Å²) in [5.74, 6) is -0.174. The molecule has 0 amide bonds. The number of hydrogen-bond donors (Lipinski definition) is 1. The number of carbonyl (C=O) groups is 1. The van der Waals surface area contributed by atoms with Crippen LogP contribution in [-0.4, -0.2) is 33.7 Å². The Morgan fingerprint density at radius 1 is 1.26 bits per heavy atom. The van der Waals surface area contributed by atoms with Crippen LogP contribution >= 0.6 is 0 Å². The molecule has 0 bridgehead atoms. The lowest BCUT2D eigenvalue weighted by atomic mass is 9.94. The average molecular weight is 341 g/mol. The van der Waals surface area contributed by atoms with Crippen molar-refractivity contribution in [3.63, 3.8) is 0 Å². The quantitative estimate of drug-likeness (QED) is 0.826. The second-order valence-electron chi connectivity index (χ2n) is 6.83. The molecule has 7 heteroatoms. The molecule has 1 saturated heterocycles. The van der Waals surface area contributed by atoms with Crippen molar-refractivity contribution in [3.05, 3.63) is 29.8 Å². The smallest absolute Gasteiger partial charge is 0.238 e. The molecular formula is C16H23NO5S. The summed E-state index contributed by atoms with van der Waals surface area (Å²) < 4.78 is 33.8. The van der Waals surface area contributed by atoms with Crippen LogP contribution in [0, 0.1) is 11.3 Å². The van der Waals surface area contributed by atoms with Crippen LogP contribution in [0.4, 0.5) is 0 Å². The third-order valence-electron chi connectivity index (χ3n) is 3.75. The fraction of sp³-hybridized carbons (Fsp3) is 0.562. The minimum absolute atomic E-state index is 0.0101. The highest BCUT2D eigenvalue weighted by Crippen LogP contribution is 2.27. The average Bonchev–Trinajstić information content (AvgIpc) is 2.46. The van der Waals surface area contributed by atoms with Gasteiger partial charge in [-0.1, -0.05) is 32.9 Å². The molecule has 0 aliphatic carbocycles. The molecule has 0 spiro atoms. The molecule has 0 saturated carbocycles. The summed E-state index contributed by atoms with van der Waals surface area (Å²) in [6.07, 6.45) is -0.129. The Hall–Kier alpha value is -1.28. The number of Topliss-reactive ketones (excluding diaryl/α,β-unsaturated/α-hetero) is 1. The van der Waals surface area contributed by atoms with Gasteiger partial charge in [0.05, 0.1) is 18.1 Å². The second kappa shape index (κ2) is 6.68. The van der Waals surface area contributed by atoms with Crippen LogP contribution in [0.15, 0.2) is 29.2 Å². The maximum atomic E-state index is 12.3. The van der Waals surface area contributed by atoms with Crippen LogP contribution in [0.25, 0.3) is 0 Å². The van der Waals surface area contributed by atoms with E-state index >= 15 is 0 Å². The summed E-state index contributed by atoms with van der Waals surface area (Å²) in [6, 6.07) is 5.62. The van der Waals surface area contributed by atoms with Crippen molar-refractivity contribution >= 4 is 15.8 Å². The molecule has 2 rings (SSSR count). The van der Waals surface area contributed by atoms with Crippen molar-refractivity contribution in [2.45, 2.75) is 38.4 Å². The van der Waals surface area contributed by atoms with Crippen molar-refractivity contribution in [1.29, 1.82) is 0 Å². The number of hydrogen-bond acceptors (Lipinski definition) is 5. The van der Waals surface area contributed by atoms with Gasteiger partial charge in [-0.25, -0.2) is 13.6 Å². The SMILES string of the molecule is CC(CC(=O)c1ccc(S(N)(=O)=O)cc1)C1OCC(C)(C)CO1. The monoisotopic (exact) mass is 341 g/mol. The Labute approximate surface area is 137 Å². The topological polar surface area (TPSA) is 95.7 Å². The number of primary sulfonamides is 1. The third-order valence-corrected chi connectivity index (χ3v) is 4.68. The largest absolute Gasteiger partial charge is 0.352 e. The van der Waals surface area contributed by atoms with E-state index in [2.05, 4.69) is 13.8 Å². The van der Waals surface area contributed by atoms with E-state index in [4.69, 9.17) is 14.6 Å². The van der Waals surface area contributed by atoms with Gasteiger partial charge >= 0.3 is 0 Å². The molecule has 1 aliphatic rings. The first-order valence-corrected chi connectivity index (χ1v) is 9.02. The molecule has 23 heavy (non-hydrogen) atoms. The van der Waals surface area contributed by atoms with Gasteiger partial charge < -0.3 is 9.47 Å². The molecule has 128 valence electrons. The number of rotatable bonds is 5. The van der Waals surface area contributed by atoms with Crippen LogP contribution in [0.5, 0.6) is 0 Å². The Morgan fingerprint density at radius 3 is 2.26 bits per heavy atom. The highest BCUT2D eigenvalue weighted by molar-refractivity contribution is 7.89. The fourth-order valence-corrected chi connectivity index (χ4v) is 2.89. The lowest BCUT2D eigenvalue weighted by molar-refractivity contribution is -0.240. The maximum absolute atomic E-state index is 12.3. The van der Waals surface area contributed by atoms with Crippen molar-refractivity contribution in [3.8, 4) is 0 Å². The standard InChI is InChI=1S/C16H23NO5S/c1-11(15-21-9-16(2,3)10-22-15)8-14(18)12-4-6-13(7-5-12)23(17,19)20/h4-7,11,15H,8-10H2,1-3H3,(H2,17,19,20).